The first kappa shape index (κ1) is 27.6. The minimum absolute atomic E-state index is 0.0138. The first-order valence-electron chi connectivity index (χ1n) is 13.3. The highest BCUT2D eigenvalue weighted by molar-refractivity contribution is 6.16. The van der Waals surface area contributed by atoms with Gasteiger partial charge in [0.25, 0.3) is 5.91 Å². The average Bonchev–Trinajstić information content (AvgIpc) is 3.72. The lowest BCUT2D eigenvalue weighted by molar-refractivity contribution is -0.129. The van der Waals surface area contributed by atoms with Crippen LogP contribution in [0.4, 0.5) is 0 Å². The van der Waals surface area contributed by atoms with Crippen LogP contribution in [0.1, 0.15) is 35.5 Å². The summed E-state index contributed by atoms with van der Waals surface area (Å²) in [5, 5.41) is 11.8. The number of aliphatic hydroxyl groups excluding tert-OH is 1. The highest BCUT2D eigenvalue weighted by atomic mass is 16.5. The highest BCUT2D eigenvalue weighted by Gasteiger charge is 2.44. The molecule has 3 heterocycles. The number of rotatable bonds is 13. The quantitative estimate of drug-likeness (QED) is 0.175. The molecule has 1 aliphatic rings. The first-order chi connectivity index (χ1) is 20.0. The molecule has 1 aliphatic heterocycles. The van der Waals surface area contributed by atoms with E-state index in [1.54, 1.807) is 61.1 Å². The van der Waals surface area contributed by atoms with Gasteiger partial charge in [-0.2, -0.15) is 0 Å². The molecule has 41 heavy (non-hydrogen) atoms. The van der Waals surface area contributed by atoms with E-state index in [0.717, 1.165) is 0 Å². The number of aromatic nitrogens is 2. The van der Waals surface area contributed by atoms with Gasteiger partial charge in [-0.1, -0.05) is 30.9 Å². The van der Waals surface area contributed by atoms with Crippen molar-refractivity contribution in [3.8, 4) is 17.2 Å². The molecule has 1 N–H and O–H groups in total. The third-order valence-corrected chi connectivity index (χ3v) is 6.81. The van der Waals surface area contributed by atoms with Crippen molar-refractivity contribution < 1.29 is 33.3 Å². The molecule has 1 amide bonds. The van der Waals surface area contributed by atoms with Crippen molar-refractivity contribution in [2.75, 3.05) is 26.9 Å². The maximum absolute atomic E-state index is 14.0. The smallest absolute Gasteiger partial charge is 0.290 e. The predicted octanol–water partition coefficient (Wildman–Crippen LogP) is 5.27. The summed E-state index contributed by atoms with van der Waals surface area (Å²) in [6, 6.07) is 11.2. The summed E-state index contributed by atoms with van der Waals surface area (Å²) in [6.07, 6.45) is 7.40. The molecule has 0 saturated carbocycles. The molecule has 5 rings (SSSR count). The Balaban J connectivity index is 1.55. The second kappa shape index (κ2) is 12.0. The van der Waals surface area contributed by atoms with Crippen molar-refractivity contribution >= 4 is 22.7 Å². The maximum atomic E-state index is 14.0. The third kappa shape index (κ3) is 5.41. The van der Waals surface area contributed by atoms with Crippen LogP contribution in [0, 0.1) is 0 Å². The number of carbonyl (C=O) groups is 2. The van der Waals surface area contributed by atoms with Crippen LogP contribution in [0.2, 0.25) is 0 Å². The number of methoxy groups -OCH3 is 1. The number of fused-ring (bicyclic) bond motifs is 1. The van der Waals surface area contributed by atoms with E-state index in [0.29, 0.717) is 53.4 Å². The highest BCUT2D eigenvalue weighted by Crippen LogP contribution is 2.42. The second-order valence-corrected chi connectivity index (χ2v) is 9.37. The van der Waals surface area contributed by atoms with Crippen LogP contribution in [-0.2, 0) is 11.3 Å². The van der Waals surface area contributed by atoms with E-state index in [1.165, 1.54) is 12.0 Å². The lowest BCUT2D eigenvalue weighted by Gasteiger charge is -2.27. The standard InChI is InChI=1S/C31H31N3O7/c1-4-16-40-22-11-10-20(17-24(22)39-5-2)27-26(28(35)25-18-21-8-6-9-23(38-3)30(21)41-25)29(36)31(37)34(27)14-7-13-33-15-12-32-19-33/h4,6,8-12,15,17-19,27,36H,1,5,7,13-14,16H2,2-3H3. The lowest BCUT2D eigenvalue weighted by Crippen LogP contribution is -2.32. The van der Waals surface area contributed by atoms with Gasteiger partial charge in [-0.25, -0.2) is 4.98 Å². The normalized spacial score (nSPS) is 15.0. The summed E-state index contributed by atoms with van der Waals surface area (Å²) < 4.78 is 24.8. The van der Waals surface area contributed by atoms with Crippen LogP contribution in [-0.4, -0.2) is 58.1 Å². The fraction of sp³-hybridized carbons (Fsp3) is 0.258. The number of Topliss-reactive ketones (excluding diaryl/α,β-unsaturated/α-hetero) is 1. The summed E-state index contributed by atoms with van der Waals surface area (Å²) in [5.41, 5.74) is 0.910. The van der Waals surface area contributed by atoms with E-state index in [4.69, 9.17) is 18.6 Å². The number of aryl methyl sites for hydroxylation is 1. The molecule has 2 aromatic heterocycles. The fourth-order valence-corrected chi connectivity index (χ4v) is 4.98. The second-order valence-electron chi connectivity index (χ2n) is 9.37. The number of hydrogen-bond donors (Lipinski definition) is 1. The van der Waals surface area contributed by atoms with E-state index in [2.05, 4.69) is 11.6 Å². The van der Waals surface area contributed by atoms with E-state index in [9.17, 15) is 14.7 Å². The average molecular weight is 558 g/mol. The Morgan fingerprint density at radius 3 is 2.73 bits per heavy atom. The van der Waals surface area contributed by atoms with Crippen molar-refractivity contribution in [2.45, 2.75) is 25.9 Å². The topological polar surface area (TPSA) is 116 Å². The van der Waals surface area contributed by atoms with Crippen molar-refractivity contribution in [1.29, 1.82) is 0 Å². The summed E-state index contributed by atoms with van der Waals surface area (Å²) in [4.78, 5) is 33.0. The predicted molar refractivity (Wildman–Crippen MR) is 151 cm³/mol. The number of amides is 1. The summed E-state index contributed by atoms with van der Waals surface area (Å²) in [5.74, 6) is -0.443. The first-order valence-corrected chi connectivity index (χ1v) is 13.3. The number of imidazole rings is 1. The van der Waals surface area contributed by atoms with Gasteiger partial charge in [0.15, 0.2) is 34.4 Å². The van der Waals surface area contributed by atoms with Gasteiger partial charge in [-0.15, -0.1) is 0 Å². The molecule has 0 fully saturated rings. The zero-order valence-electron chi connectivity index (χ0n) is 22.9. The van der Waals surface area contributed by atoms with Gasteiger partial charge in [0.1, 0.15) is 6.61 Å². The lowest BCUT2D eigenvalue weighted by atomic mass is 9.94. The van der Waals surface area contributed by atoms with Gasteiger partial charge in [0.2, 0.25) is 5.78 Å². The van der Waals surface area contributed by atoms with Gasteiger partial charge in [-0.3, -0.25) is 9.59 Å². The maximum Gasteiger partial charge on any atom is 0.290 e. The van der Waals surface area contributed by atoms with Crippen LogP contribution in [0.25, 0.3) is 11.0 Å². The van der Waals surface area contributed by atoms with Crippen LogP contribution >= 0.6 is 0 Å². The summed E-state index contributed by atoms with van der Waals surface area (Å²) >= 11 is 0. The Bertz CT molecular complexity index is 1600. The number of para-hydroxylation sites is 1. The van der Waals surface area contributed by atoms with E-state index >= 15 is 0 Å². The Morgan fingerprint density at radius 2 is 2.00 bits per heavy atom. The van der Waals surface area contributed by atoms with Gasteiger partial charge in [0, 0.05) is 30.9 Å². The largest absolute Gasteiger partial charge is 0.503 e. The van der Waals surface area contributed by atoms with Gasteiger partial charge in [-0.05, 0) is 43.2 Å². The molecule has 0 saturated heterocycles. The number of ketones is 1. The molecule has 4 aromatic rings. The van der Waals surface area contributed by atoms with Crippen LogP contribution in [0.15, 0.2) is 89.6 Å². The third-order valence-electron chi connectivity index (χ3n) is 6.81. The van der Waals surface area contributed by atoms with Gasteiger partial charge in [0.05, 0.1) is 31.7 Å². The van der Waals surface area contributed by atoms with Crippen LogP contribution < -0.4 is 14.2 Å². The Kier molecular flexibility index (Phi) is 8.09. The number of benzene rings is 2. The fourth-order valence-electron chi connectivity index (χ4n) is 4.98. The number of hydrogen-bond acceptors (Lipinski definition) is 8. The molecule has 10 heteroatoms. The Hall–Kier alpha value is -4.99. The summed E-state index contributed by atoms with van der Waals surface area (Å²) in [7, 11) is 1.51. The molecule has 0 bridgehead atoms. The monoisotopic (exact) mass is 557 g/mol. The molecule has 10 nitrogen and oxygen atoms in total. The van der Waals surface area contributed by atoms with Crippen molar-refractivity contribution in [3.05, 3.63) is 96.5 Å². The van der Waals surface area contributed by atoms with Crippen molar-refractivity contribution in [3.63, 3.8) is 0 Å². The number of furan rings is 1. The zero-order chi connectivity index (χ0) is 28.9. The van der Waals surface area contributed by atoms with Gasteiger partial charge < -0.3 is 33.2 Å². The molecule has 0 radical (unpaired) electrons. The molecular weight excluding hydrogens is 526 g/mol. The molecule has 1 atom stereocenters. The number of aliphatic hydroxyl groups is 1. The Morgan fingerprint density at radius 1 is 1.15 bits per heavy atom. The van der Waals surface area contributed by atoms with Crippen molar-refractivity contribution in [2.24, 2.45) is 0 Å². The van der Waals surface area contributed by atoms with Crippen LogP contribution in [0.5, 0.6) is 17.2 Å². The zero-order valence-corrected chi connectivity index (χ0v) is 22.9. The van der Waals surface area contributed by atoms with Gasteiger partial charge >= 0.3 is 0 Å². The van der Waals surface area contributed by atoms with Crippen LogP contribution in [0.3, 0.4) is 0 Å². The summed E-state index contributed by atoms with van der Waals surface area (Å²) in [6.45, 7) is 7.06. The van der Waals surface area contributed by atoms with E-state index < -0.39 is 23.5 Å². The SMILES string of the molecule is C=CCOc1ccc(C2C(C(=O)c3cc4cccc(OC)c4o3)=C(O)C(=O)N2CCCn2ccnc2)cc1OCC. The number of carbonyl (C=O) groups excluding carboxylic acids is 2. The molecule has 212 valence electrons. The molecular formula is C31H31N3O7. The molecule has 2 aromatic carbocycles. The minimum Gasteiger partial charge on any atom is -0.503 e. The number of nitrogens with zero attached hydrogens (tertiary/aromatic N) is 3. The number of ether oxygens (including phenoxy) is 3. The van der Waals surface area contributed by atoms with E-state index in [-0.39, 0.29) is 24.5 Å². The molecule has 0 aliphatic carbocycles. The minimum atomic E-state index is -0.888. The van der Waals surface area contributed by atoms with E-state index in [1.807, 2.05) is 17.7 Å². The molecule has 1 unspecified atom stereocenters. The molecule has 0 spiro atoms. The Labute approximate surface area is 237 Å². The van der Waals surface area contributed by atoms with Crippen molar-refractivity contribution in [1.82, 2.24) is 14.5 Å².